The van der Waals surface area contributed by atoms with E-state index in [1.165, 1.54) is 0 Å². The van der Waals surface area contributed by atoms with Crippen LogP contribution >= 0.6 is 0 Å². The molecule has 0 aliphatic rings. The van der Waals surface area contributed by atoms with Crippen molar-refractivity contribution < 1.29 is 4.74 Å². The molecular weight excluding hydrogens is 334 g/mol. The summed E-state index contributed by atoms with van der Waals surface area (Å²) in [6.45, 7) is 1.01. The summed E-state index contributed by atoms with van der Waals surface area (Å²) in [5, 5.41) is 3.13. The fourth-order valence-corrected chi connectivity index (χ4v) is 3.04. The van der Waals surface area contributed by atoms with Gasteiger partial charge >= 0.3 is 0 Å². The third-order valence-electron chi connectivity index (χ3n) is 4.35. The van der Waals surface area contributed by atoms with Crippen LogP contribution in [-0.4, -0.2) is 16.2 Å². The Morgan fingerprint density at radius 1 is 1.00 bits per heavy atom. The predicted octanol–water partition coefficient (Wildman–Crippen LogP) is 4.52. The van der Waals surface area contributed by atoms with E-state index in [4.69, 9.17) is 11.2 Å². The van der Waals surface area contributed by atoms with Crippen LogP contribution in [0.5, 0.6) is 5.75 Å². The summed E-state index contributed by atoms with van der Waals surface area (Å²) in [7, 11) is 0. The van der Waals surface area contributed by atoms with Gasteiger partial charge in [-0.25, -0.2) is 0 Å². The van der Waals surface area contributed by atoms with Crippen LogP contribution in [0.2, 0.25) is 0 Å². The van der Waals surface area contributed by atoms with Gasteiger partial charge in [0.15, 0.2) is 0 Å². The molecule has 0 saturated carbocycles. The molecule has 0 spiro atoms. The van der Waals surface area contributed by atoms with Crippen molar-refractivity contribution in [2.75, 3.05) is 11.6 Å². The van der Waals surface area contributed by atoms with Gasteiger partial charge in [-0.1, -0.05) is 36.3 Å². The molecule has 2 aromatic heterocycles. The van der Waals surface area contributed by atoms with Crippen molar-refractivity contribution in [1.82, 2.24) is 9.66 Å². The number of terminal acetylenes is 1. The summed E-state index contributed by atoms with van der Waals surface area (Å²) in [6, 6.07) is 22.2. The number of hydrogen-bond acceptors (Lipinski definition) is 3. The molecule has 0 aliphatic heterocycles. The maximum absolute atomic E-state index is 5.94. The van der Waals surface area contributed by atoms with E-state index in [9.17, 15) is 0 Å². The maximum Gasteiger partial charge on any atom is 0.120 e. The molecule has 2 heterocycles. The Kier molecular flexibility index (Phi) is 4.76. The molecule has 4 heteroatoms. The largest absolute Gasteiger partial charge is 0.489 e. The molecule has 0 N–H and O–H groups in total. The van der Waals surface area contributed by atoms with Gasteiger partial charge in [0, 0.05) is 24.0 Å². The summed E-state index contributed by atoms with van der Waals surface area (Å²) in [5.74, 6) is 3.57. The van der Waals surface area contributed by atoms with E-state index in [1.54, 1.807) is 12.4 Å². The number of ether oxygens (including phenoxy) is 1. The quantitative estimate of drug-likeness (QED) is 0.478. The maximum atomic E-state index is 5.94. The van der Waals surface area contributed by atoms with Crippen LogP contribution in [0.15, 0.2) is 85.3 Å². The highest BCUT2D eigenvalue weighted by Gasteiger charge is 2.11. The van der Waals surface area contributed by atoms with Crippen LogP contribution in [0.4, 0.5) is 5.69 Å². The molecular formula is C23H19N3O. The molecule has 0 unspecified atom stereocenters. The Morgan fingerprint density at radius 2 is 1.81 bits per heavy atom. The molecule has 4 aromatic rings. The van der Waals surface area contributed by atoms with Crippen LogP contribution in [0.3, 0.4) is 0 Å². The first-order valence-corrected chi connectivity index (χ1v) is 8.74. The highest BCUT2D eigenvalue weighted by atomic mass is 16.5. The zero-order valence-electron chi connectivity index (χ0n) is 14.8. The topological polar surface area (TPSA) is 30.3 Å². The van der Waals surface area contributed by atoms with Gasteiger partial charge in [-0.2, -0.15) is 0 Å². The molecule has 4 nitrogen and oxygen atoms in total. The van der Waals surface area contributed by atoms with E-state index < -0.39 is 0 Å². The Bertz CT molecular complexity index is 1070. The third kappa shape index (κ3) is 3.63. The van der Waals surface area contributed by atoms with Crippen molar-refractivity contribution in [3.63, 3.8) is 0 Å². The number of nitrogens with zero attached hydrogens (tertiary/aromatic N) is 3. The molecule has 0 radical (unpaired) electrons. The van der Waals surface area contributed by atoms with Crippen molar-refractivity contribution in [3.05, 3.63) is 90.9 Å². The molecule has 2 aromatic carbocycles. The number of anilines is 1. The predicted molar refractivity (Wildman–Crippen MR) is 109 cm³/mol. The minimum atomic E-state index is 0.458. The highest BCUT2D eigenvalue weighted by molar-refractivity contribution is 5.82. The van der Waals surface area contributed by atoms with E-state index in [0.29, 0.717) is 13.2 Å². The van der Waals surface area contributed by atoms with Gasteiger partial charge in [0.2, 0.25) is 0 Å². The van der Waals surface area contributed by atoms with Crippen LogP contribution in [-0.2, 0) is 6.61 Å². The van der Waals surface area contributed by atoms with Crippen molar-refractivity contribution in [1.29, 1.82) is 0 Å². The highest BCUT2D eigenvalue weighted by Crippen LogP contribution is 2.25. The molecule has 0 amide bonds. The number of aromatic nitrogens is 2. The van der Waals surface area contributed by atoms with E-state index >= 15 is 0 Å². The van der Waals surface area contributed by atoms with Gasteiger partial charge in [0.05, 0.1) is 11.2 Å². The summed E-state index contributed by atoms with van der Waals surface area (Å²) in [5.41, 5.74) is 3.20. The van der Waals surface area contributed by atoms with E-state index in [2.05, 4.69) is 45.9 Å². The summed E-state index contributed by atoms with van der Waals surface area (Å²) >= 11 is 0. The van der Waals surface area contributed by atoms with E-state index in [0.717, 1.165) is 27.9 Å². The minimum Gasteiger partial charge on any atom is -0.489 e. The van der Waals surface area contributed by atoms with Crippen molar-refractivity contribution in [3.8, 4) is 18.1 Å². The lowest BCUT2D eigenvalue weighted by atomic mass is 10.2. The lowest BCUT2D eigenvalue weighted by Crippen LogP contribution is -2.29. The van der Waals surface area contributed by atoms with Crippen LogP contribution in [0.25, 0.3) is 10.9 Å². The van der Waals surface area contributed by atoms with Crippen molar-refractivity contribution in [2.24, 2.45) is 0 Å². The van der Waals surface area contributed by atoms with Gasteiger partial charge in [0.25, 0.3) is 0 Å². The molecule has 0 bridgehead atoms. The SMILES string of the molecule is C#CCN(c1ccncc1)n1ccc2cc(OCc3ccccc3)ccc21. The number of hydrogen-bond donors (Lipinski definition) is 0. The zero-order valence-corrected chi connectivity index (χ0v) is 14.8. The molecule has 27 heavy (non-hydrogen) atoms. The molecule has 0 saturated heterocycles. The van der Waals surface area contributed by atoms with Gasteiger partial charge in [-0.3, -0.25) is 14.7 Å². The van der Waals surface area contributed by atoms with E-state index in [-0.39, 0.29) is 0 Å². The Balaban J connectivity index is 1.61. The molecule has 0 atom stereocenters. The molecule has 0 fully saturated rings. The second-order valence-corrected chi connectivity index (χ2v) is 6.12. The van der Waals surface area contributed by atoms with Gasteiger partial charge in [-0.05, 0) is 42.0 Å². The molecule has 132 valence electrons. The molecule has 4 rings (SSSR count). The first-order chi connectivity index (χ1) is 13.3. The third-order valence-corrected chi connectivity index (χ3v) is 4.35. The normalized spacial score (nSPS) is 10.5. The van der Waals surface area contributed by atoms with Gasteiger partial charge in [0.1, 0.15) is 18.9 Å². The zero-order chi connectivity index (χ0) is 18.5. The van der Waals surface area contributed by atoms with Crippen LogP contribution in [0, 0.1) is 12.3 Å². The monoisotopic (exact) mass is 353 g/mol. The van der Waals surface area contributed by atoms with Gasteiger partial charge in [-0.15, -0.1) is 6.42 Å². The minimum absolute atomic E-state index is 0.458. The van der Waals surface area contributed by atoms with E-state index in [1.807, 2.05) is 47.6 Å². The lowest BCUT2D eigenvalue weighted by Gasteiger charge is -2.24. The van der Waals surface area contributed by atoms with Crippen LogP contribution < -0.4 is 9.75 Å². The Hall–Kier alpha value is -3.71. The first-order valence-electron chi connectivity index (χ1n) is 8.74. The average molecular weight is 353 g/mol. The summed E-state index contributed by atoms with van der Waals surface area (Å²) in [4.78, 5) is 4.08. The fraction of sp³-hybridized carbons (Fsp3) is 0.0870. The second-order valence-electron chi connectivity index (χ2n) is 6.12. The van der Waals surface area contributed by atoms with Gasteiger partial charge < -0.3 is 4.74 Å². The van der Waals surface area contributed by atoms with Crippen LogP contribution in [0.1, 0.15) is 5.56 Å². The average Bonchev–Trinajstić information content (AvgIpc) is 3.15. The summed E-state index contributed by atoms with van der Waals surface area (Å²) in [6.07, 6.45) is 11.1. The fourth-order valence-electron chi connectivity index (χ4n) is 3.04. The summed E-state index contributed by atoms with van der Waals surface area (Å²) < 4.78 is 8.00. The lowest BCUT2D eigenvalue weighted by molar-refractivity contribution is 0.306. The number of benzene rings is 2. The standard InChI is InChI=1S/C23H19N3O/c1-2-15-25(21-10-13-24-14-11-21)26-16-12-20-17-22(8-9-23(20)26)27-18-19-6-4-3-5-7-19/h1,3-14,16-17H,15,18H2. The second kappa shape index (κ2) is 7.67. The smallest absolute Gasteiger partial charge is 0.120 e. The van der Waals surface area contributed by atoms with Crippen molar-refractivity contribution >= 4 is 16.6 Å². The Morgan fingerprint density at radius 3 is 2.59 bits per heavy atom. The van der Waals surface area contributed by atoms with Crippen molar-refractivity contribution in [2.45, 2.75) is 6.61 Å². The number of pyridine rings is 1. The first kappa shape index (κ1) is 16.7. The Labute approximate surface area is 158 Å². The number of rotatable bonds is 6. The molecule has 0 aliphatic carbocycles. The number of fused-ring (bicyclic) bond motifs is 1.